The summed E-state index contributed by atoms with van der Waals surface area (Å²) in [6, 6.07) is 16.5. The molecule has 0 radical (unpaired) electrons. The van der Waals surface area contributed by atoms with E-state index in [0.29, 0.717) is 0 Å². The lowest BCUT2D eigenvalue weighted by Gasteiger charge is -2.27. The van der Waals surface area contributed by atoms with Crippen molar-refractivity contribution in [1.82, 2.24) is 0 Å². The summed E-state index contributed by atoms with van der Waals surface area (Å²) in [7, 11) is 0. The van der Waals surface area contributed by atoms with Gasteiger partial charge in [0.25, 0.3) is 0 Å². The minimum absolute atomic E-state index is 0.103. The average Bonchev–Trinajstić information content (AvgIpc) is 2.46. The molecular formula is C21H28O2. The first kappa shape index (κ1) is 17.6. The molecule has 23 heavy (non-hydrogen) atoms. The lowest BCUT2D eigenvalue weighted by Crippen LogP contribution is -2.20. The second kappa shape index (κ2) is 6.37. The van der Waals surface area contributed by atoms with Gasteiger partial charge in [0.2, 0.25) is 0 Å². The summed E-state index contributed by atoms with van der Waals surface area (Å²) in [6.07, 6.45) is 0.184. The number of hydrogen-bond acceptors (Lipinski definition) is 2. The Labute approximate surface area is 140 Å². The summed E-state index contributed by atoms with van der Waals surface area (Å²) in [5.74, 6) is 0.900. The van der Waals surface area contributed by atoms with Crippen LogP contribution in [0.3, 0.4) is 0 Å². The van der Waals surface area contributed by atoms with Crippen LogP contribution in [0.4, 0.5) is 0 Å². The maximum Gasteiger partial charge on any atom is 0.119 e. The second-order valence-electron chi connectivity index (χ2n) is 7.45. The van der Waals surface area contributed by atoms with E-state index < -0.39 is 5.60 Å². The largest absolute Gasteiger partial charge is 0.491 e. The first-order valence-electron chi connectivity index (χ1n) is 8.21. The van der Waals surface area contributed by atoms with Gasteiger partial charge in [-0.05, 0) is 56.5 Å². The molecule has 0 aliphatic heterocycles. The van der Waals surface area contributed by atoms with Crippen LogP contribution in [-0.4, -0.2) is 11.2 Å². The van der Waals surface area contributed by atoms with Gasteiger partial charge in [0, 0.05) is 5.41 Å². The van der Waals surface area contributed by atoms with Gasteiger partial charge in [-0.2, -0.15) is 0 Å². The van der Waals surface area contributed by atoms with Crippen molar-refractivity contribution in [2.24, 2.45) is 0 Å². The summed E-state index contributed by atoms with van der Waals surface area (Å²) >= 11 is 0. The summed E-state index contributed by atoms with van der Waals surface area (Å²) in [4.78, 5) is 0. The standard InChI is InChI=1S/C21H28O2/c1-15(2)23-19-13-11-17(12-14-19)20(3,4)16-7-9-18(10-8-16)21(5,6)22/h7-15,22H,1-6H3. The van der Waals surface area contributed by atoms with Crippen molar-refractivity contribution < 1.29 is 9.84 Å². The molecule has 0 saturated heterocycles. The number of aliphatic hydroxyl groups is 1. The fourth-order valence-electron chi connectivity index (χ4n) is 2.68. The molecular weight excluding hydrogens is 284 g/mol. The molecule has 0 saturated carbocycles. The maximum atomic E-state index is 10.1. The van der Waals surface area contributed by atoms with Crippen LogP contribution in [0, 0.1) is 0 Å². The molecule has 0 aliphatic rings. The molecule has 2 rings (SSSR count). The van der Waals surface area contributed by atoms with Crippen LogP contribution < -0.4 is 4.74 Å². The Hall–Kier alpha value is -1.80. The van der Waals surface area contributed by atoms with Gasteiger partial charge in [0.05, 0.1) is 11.7 Å². The molecule has 0 amide bonds. The minimum Gasteiger partial charge on any atom is -0.491 e. The normalized spacial score (nSPS) is 12.5. The zero-order valence-electron chi connectivity index (χ0n) is 15.1. The van der Waals surface area contributed by atoms with Crippen LogP contribution in [0.5, 0.6) is 5.75 Å². The lowest BCUT2D eigenvalue weighted by atomic mass is 9.77. The molecule has 2 aromatic carbocycles. The quantitative estimate of drug-likeness (QED) is 0.839. The highest BCUT2D eigenvalue weighted by molar-refractivity contribution is 5.41. The van der Waals surface area contributed by atoms with Gasteiger partial charge in [-0.3, -0.25) is 0 Å². The molecule has 0 heterocycles. The zero-order chi connectivity index (χ0) is 17.3. The van der Waals surface area contributed by atoms with Crippen molar-refractivity contribution in [2.75, 3.05) is 0 Å². The highest BCUT2D eigenvalue weighted by atomic mass is 16.5. The van der Waals surface area contributed by atoms with Crippen molar-refractivity contribution in [2.45, 2.75) is 58.7 Å². The molecule has 0 spiro atoms. The van der Waals surface area contributed by atoms with E-state index in [4.69, 9.17) is 4.74 Å². The zero-order valence-corrected chi connectivity index (χ0v) is 15.1. The van der Waals surface area contributed by atoms with E-state index >= 15 is 0 Å². The second-order valence-corrected chi connectivity index (χ2v) is 7.45. The molecule has 0 aromatic heterocycles. The molecule has 0 atom stereocenters. The number of ether oxygens (including phenoxy) is 1. The van der Waals surface area contributed by atoms with E-state index in [-0.39, 0.29) is 11.5 Å². The van der Waals surface area contributed by atoms with Crippen LogP contribution in [0.25, 0.3) is 0 Å². The Morgan fingerprint density at radius 1 is 0.739 bits per heavy atom. The van der Waals surface area contributed by atoms with Crippen LogP contribution >= 0.6 is 0 Å². The molecule has 0 fully saturated rings. The Kier molecular flexibility index (Phi) is 4.86. The maximum absolute atomic E-state index is 10.1. The summed E-state index contributed by atoms with van der Waals surface area (Å²) in [5, 5.41) is 10.1. The molecule has 0 unspecified atom stereocenters. The van der Waals surface area contributed by atoms with Crippen molar-refractivity contribution in [3.63, 3.8) is 0 Å². The smallest absolute Gasteiger partial charge is 0.119 e. The average molecular weight is 312 g/mol. The summed E-state index contributed by atoms with van der Waals surface area (Å²) in [6.45, 7) is 12.1. The van der Waals surface area contributed by atoms with Crippen LogP contribution in [0.2, 0.25) is 0 Å². The van der Waals surface area contributed by atoms with E-state index in [1.807, 2.05) is 38.1 Å². The molecule has 0 bridgehead atoms. The van der Waals surface area contributed by atoms with Gasteiger partial charge in [-0.25, -0.2) is 0 Å². The van der Waals surface area contributed by atoms with Crippen LogP contribution in [0.15, 0.2) is 48.5 Å². The highest BCUT2D eigenvalue weighted by Crippen LogP contribution is 2.33. The fraction of sp³-hybridized carbons (Fsp3) is 0.429. The first-order chi connectivity index (χ1) is 10.6. The SMILES string of the molecule is CC(C)Oc1ccc(C(C)(C)c2ccc(C(C)(C)O)cc2)cc1. The molecule has 2 aromatic rings. The molecule has 1 N–H and O–H groups in total. The van der Waals surface area contributed by atoms with E-state index in [2.05, 4.69) is 38.1 Å². The Balaban J connectivity index is 2.27. The third-order valence-corrected chi connectivity index (χ3v) is 4.26. The third-order valence-electron chi connectivity index (χ3n) is 4.26. The third kappa shape index (κ3) is 4.14. The van der Waals surface area contributed by atoms with Gasteiger partial charge in [-0.15, -0.1) is 0 Å². The predicted molar refractivity (Wildman–Crippen MR) is 96.0 cm³/mol. The van der Waals surface area contributed by atoms with Gasteiger partial charge in [0.1, 0.15) is 5.75 Å². The predicted octanol–water partition coefficient (Wildman–Crippen LogP) is 5.03. The summed E-state index contributed by atoms with van der Waals surface area (Å²) < 4.78 is 5.71. The number of rotatable bonds is 5. The lowest BCUT2D eigenvalue weighted by molar-refractivity contribution is 0.0785. The topological polar surface area (TPSA) is 29.5 Å². The van der Waals surface area contributed by atoms with E-state index in [0.717, 1.165) is 11.3 Å². The summed E-state index contributed by atoms with van der Waals surface area (Å²) in [5.41, 5.74) is 2.48. The van der Waals surface area contributed by atoms with Crippen LogP contribution in [-0.2, 0) is 11.0 Å². The Bertz CT molecular complexity index is 629. The molecule has 0 aliphatic carbocycles. The van der Waals surface area contributed by atoms with Crippen molar-refractivity contribution in [1.29, 1.82) is 0 Å². The van der Waals surface area contributed by atoms with Crippen LogP contribution in [0.1, 0.15) is 58.2 Å². The van der Waals surface area contributed by atoms with Gasteiger partial charge < -0.3 is 9.84 Å². The molecule has 2 nitrogen and oxygen atoms in total. The molecule has 124 valence electrons. The van der Waals surface area contributed by atoms with Gasteiger partial charge in [0.15, 0.2) is 0 Å². The number of benzene rings is 2. The fourth-order valence-corrected chi connectivity index (χ4v) is 2.68. The highest BCUT2D eigenvalue weighted by Gasteiger charge is 2.24. The minimum atomic E-state index is -0.807. The first-order valence-corrected chi connectivity index (χ1v) is 8.21. The number of hydrogen-bond donors (Lipinski definition) is 1. The van der Waals surface area contributed by atoms with E-state index in [1.54, 1.807) is 13.8 Å². The Morgan fingerprint density at radius 2 is 1.13 bits per heavy atom. The van der Waals surface area contributed by atoms with E-state index in [1.165, 1.54) is 11.1 Å². The Morgan fingerprint density at radius 3 is 1.52 bits per heavy atom. The van der Waals surface area contributed by atoms with E-state index in [9.17, 15) is 5.11 Å². The van der Waals surface area contributed by atoms with Crippen molar-refractivity contribution >= 4 is 0 Å². The monoisotopic (exact) mass is 312 g/mol. The van der Waals surface area contributed by atoms with Gasteiger partial charge in [-0.1, -0.05) is 50.2 Å². The van der Waals surface area contributed by atoms with Crippen molar-refractivity contribution in [3.8, 4) is 5.75 Å². The van der Waals surface area contributed by atoms with Crippen molar-refractivity contribution in [3.05, 3.63) is 65.2 Å². The molecule has 2 heteroatoms. The van der Waals surface area contributed by atoms with Gasteiger partial charge >= 0.3 is 0 Å².